The predicted molar refractivity (Wildman–Crippen MR) is 75.1 cm³/mol. The number of nitro groups is 1. The summed E-state index contributed by atoms with van der Waals surface area (Å²) in [7, 11) is 0. The lowest BCUT2D eigenvalue weighted by atomic mass is 10.1. The molecule has 1 aromatic carbocycles. The number of nitrogens with one attached hydrogen (secondary N) is 1. The Labute approximate surface area is 111 Å². The zero-order valence-electron chi connectivity index (χ0n) is 10.5. The zero-order valence-corrected chi connectivity index (χ0v) is 11.4. The van der Waals surface area contributed by atoms with Crippen molar-refractivity contribution >= 4 is 23.1 Å². The first-order valence-electron chi connectivity index (χ1n) is 5.82. The molecule has 0 bridgehead atoms. The molecule has 100 valence electrons. The van der Waals surface area contributed by atoms with Crippen LogP contribution in [0.15, 0.2) is 18.2 Å². The summed E-state index contributed by atoms with van der Waals surface area (Å²) in [6.07, 6.45) is 0. The summed E-state index contributed by atoms with van der Waals surface area (Å²) < 4.78 is 0. The van der Waals surface area contributed by atoms with Gasteiger partial charge in [0.25, 0.3) is 5.69 Å². The van der Waals surface area contributed by atoms with E-state index in [9.17, 15) is 10.1 Å². The first-order chi connectivity index (χ1) is 8.60. The van der Waals surface area contributed by atoms with Crippen LogP contribution in [-0.4, -0.2) is 28.4 Å². The van der Waals surface area contributed by atoms with Gasteiger partial charge in [-0.15, -0.1) is 0 Å². The molecule has 0 heterocycles. The van der Waals surface area contributed by atoms with Crippen LogP contribution in [0.3, 0.4) is 0 Å². The molecule has 6 heteroatoms. The van der Waals surface area contributed by atoms with Gasteiger partial charge in [-0.1, -0.05) is 19.1 Å². The summed E-state index contributed by atoms with van der Waals surface area (Å²) in [6.45, 7) is 4.58. The maximum Gasteiger partial charge on any atom is 0.292 e. The fourth-order valence-corrected chi connectivity index (χ4v) is 2.33. The van der Waals surface area contributed by atoms with E-state index in [1.807, 2.05) is 19.9 Å². The molecule has 0 spiro atoms. The van der Waals surface area contributed by atoms with Gasteiger partial charge in [-0.05, 0) is 12.5 Å². The van der Waals surface area contributed by atoms with Gasteiger partial charge in [0.15, 0.2) is 0 Å². The van der Waals surface area contributed by atoms with Crippen molar-refractivity contribution in [1.29, 1.82) is 0 Å². The summed E-state index contributed by atoms with van der Waals surface area (Å²) in [4.78, 5) is 10.6. The Kier molecular flexibility index (Phi) is 5.94. The monoisotopic (exact) mass is 270 g/mol. The first-order valence-corrected chi connectivity index (χ1v) is 6.87. The average molecular weight is 270 g/mol. The lowest BCUT2D eigenvalue weighted by Crippen LogP contribution is -2.06. The van der Waals surface area contributed by atoms with Crippen molar-refractivity contribution in [2.45, 2.75) is 24.9 Å². The largest absolute Gasteiger partial charge is 0.395 e. The van der Waals surface area contributed by atoms with Crippen LogP contribution in [-0.2, 0) is 5.75 Å². The van der Waals surface area contributed by atoms with Crippen LogP contribution >= 0.6 is 11.8 Å². The summed E-state index contributed by atoms with van der Waals surface area (Å²) >= 11 is 1.58. The van der Waals surface area contributed by atoms with Gasteiger partial charge in [0.05, 0.1) is 11.5 Å². The van der Waals surface area contributed by atoms with E-state index in [4.69, 9.17) is 5.11 Å². The molecule has 5 nitrogen and oxygen atoms in total. The Balaban J connectivity index is 2.95. The minimum atomic E-state index is -0.373. The van der Waals surface area contributed by atoms with Crippen molar-refractivity contribution in [3.8, 4) is 0 Å². The normalized spacial score (nSPS) is 12.2. The Morgan fingerprint density at radius 3 is 2.83 bits per heavy atom. The molecule has 0 saturated carbocycles. The minimum Gasteiger partial charge on any atom is -0.395 e. The smallest absolute Gasteiger partial charge is 0.292 e. The van der Waals surface area contributed by atoms with Crippen molar-refractivity contribution in [3.63, 3.8) is 0 Å². The van der Waals surface area contributed by atoms with Crippen molar-refractivity contribution < 1.29 is 10.0 Å². The number of benzene rings is 1. The number of thioether (sulfide) groups is 1. The second kappa shape index (κ2) is 7.23. The molecule has 0 amide bonds. The third-order valence-electron chi connectivity index (χ3n) is 2.46. The predicted octanol–water partition coefficient (Wildman–Crippen LogP) is 2.64. The minimum absolute atomic E-state index is 0.103. The molecule has 1 unspecified atom stereocenters. The molecular weight excluding hydrogens is 252 g/mol. The van der Waals surface area contributed by atoms with Crippen LogP contribution in [0.5, 0.6) is 0 Å². The molecule has 0 fully saturated rings. The number of nitrogens with zero attached hydrogens (tertiary/aromatic N) is 1. The Morgan fingerprint density at radius 1 is 1.56 bits per heavy atom. The number of aliphatic hydroxyl groups is 1. The number of aliphatic hydroxyl groups excluding tert-OH is 1. The topological polar surface area (TPSA) is 75.4 Å². The number of hydrogen-bond acceptors (Lipinski definition) is 5. The van der Waals surface area contributed by atoms with E-state index in [2.05, 4.69) is 5.32 Å². The van der Waals surface area contributed by atoms with E-state index < -0.39 is 0 Å². The summed E-state index contributed by atoms with van der Waals surface area (Å²) in [5.74, 6) is 0.645. The van der Waals surface area contributed by atoms with Crippen molar-refractivity contribution in [3.05, 3.63) is 33.9 Å². The number of para-hydroxylation sites is 1. The molecule has 1 rings (SSSR count). The van der Waals surface area contributed by atoms with Gasteiger partial charge >= 0.3 is 0 Å². The Morgan fingerprint density at radius 2 is 2.28 bits per heavy atom. The van der Waals surface area contributed by atoms with Gasteiger partial charge in [-0.3, -0.25) is 10.1 Å². The van der Waals surface area contributed by atoms with E-state index >= 15 is 0 Å². The van der Waals surface area contributed by atoms with Crippen LogP contribution in [0.4, 0.5) is 11.4 Å². The fraction of sp³-hybridized carbons (Fsp3) is 0.500. The molecule has 1 aromatic rings. The SMILES string of the molecule is CCNc1c(CSC(C)CO)cccc1[N+](=O)[O-]. The number of rotatable bonds is 7. The summed E-state index contributed by atoms with van der Waals surface area (Å²) in [5.41, 5.74) is 1.59. The van der Waals surface area contributed by atoms with E-state index in [1.165, 1.54) is 6.07 Å². The quantitative estimate of drug-likeness (QED) is 0.588. The van der Waals surface area contributed by atoms with E-state index in [1.54, 1.807) is 17.8 Å². The van der Waals surface area contributed by atoms with Crippen LogP contribution in [0.2, 0.25) is 0 Å². The van der Waals surface area contributed by atoms with E-state index in [0.717, 1.165) is 5.56 Å². The van der Waals surface area contributed by atoms with Gasteiger partial charge in [0.2, 0.25) is 0 Å². The molecule has 0 radical (unpaired) electrons. The molecule has 0 aromatic heterocycles. The van der Waals surface area contributed by atoms with Gasteiger partial charge < -0.3 is 10.4 Å². The third kappa shape index (κ3) is 3.89. The number of nitro benzene ring substituents is 1. The molecule has 18 heavy (non-hydrogen) atoms. The number of hydrogen-bond donors (Lipinski definition) is 2. The van der Waals surface area contributed by atoms with Crippen molar-refractivity contribution in [2.24, 2.45) is 0 Å². The molecular formula is C12H18N2O3S. The molecule has 0 saturated heterocycles. The van der Waals surface area contributed by atoms with Crippen molar-refractivity contribution in [2.75, 3.05) is 18.5 Å². The Bertz CT molecular complexity index is 412. The van der Waals surface area contributed by atoms with E-state index in [-0.39, 0.29) is 22.5 Å². The summed E-state index contributed by atoms with van der Waals surface area (Å²) in [6, 6.07) is 5.07. The van der Waals surface area contributed by atoms with Crippen LogP contribution in [0.25, 0.3) is 0 Å². The molecule has 2 N–H and O–H groups in total. The maximum atomic E-state index is 11.0. The second-order valence-electron chi connectivity index (χ2n) is 3.90. The second-order valence-corrected chi connectivity index (χ2v) is 5.33. The highest BCUT2D eigenvalue weighted by Gasteiger charge is 2.17. The average Bonchev–Trinajstić information content (AvgIpc) is 2.36. The molecule has 0 aliphatic heterocycles. The molecule has 0 aliphatic rings. The highest BCUT2D eigenvalue weighted by atomic mass is 32.2. The van der Waals surface area contributed by atoms with E-state index in [0.29, 0.717) is 18.0 Å². The van der Waals surface area contributed by atoms with Gasteiger partial charge in [0, 0.05) is 23.6 Å². The van der Waals surface area contributed by atoms with Crippen LogP contribution in [0, 0.1) is 10.1 Å². The summed E-state index contributed by atoms with van der Waals surface area (Å²) in [5, 5.41) is 23.1. The van der Waals surface area contributed by atoms with Crippen molar-refractivity contribution in [1.82, 2.24) is 0 Å². The van der Waals surface area contributed by atoms with Gasteiger partial charge in [-0.25, -0.2) is 0 Å². The number of anilines is 1. The lowest BCUT2D eigenvalue weighted by Gasteiger charge is -2.12. The highest BCUT2D eigenvalue weighted by molar-refractivity contribution is 7.99. The maximum absolute atomic E-state index is 11.0. The third-order valence-corrected chi connectivity index (χ3v) is 3.66. The zero-order chi connectivity index (χ0) is 13.5. The van der Waals surface area contributed by atoms with Crippen LogP contribution in [0.1, 0.15) is 19.4 Å². The fourth-order valence-electron chi connectivity index (χ4n) is 1.52. The first kappa shape index (κ1) is 14.8. The highest BCUT2D eigenvalue weighted by Crippen LogP contribution is 2.31. The molecule has 0 aliphatic carbocycles. The van der Waals surface area contributed by atoms with Gasteiger partial charge in [-0.2, -0.15) is 11.8 Å². The Hall–Kier alpha value is -1.27. The molecule has 1 atom stereocenters. The lowest BCUT2D eigenvalue weighted by molar-refractivity contribution is -0.384. The standard InChI is InChI=1S/C12H18N2O3S/c1-3-13-12-10(8-18-9(2)7-15)5-4-6-11(12)14(16)17/h4-6,9,13,15H,3,7-8H2,1-2H3. The van der Waals surface area contributed by atoms with Crippen LogP contribution < -0.4 is 5.32 Å². The van der Waals surface area contributed by atoms with Gasteiger partial charge in [0.1, 0.15) is 5.69 Å².